The van der Waals surface area contributed by atoms with Gasteiger partial charge in [0.25, 0.3) is 0 Å². The normalized spacial score (nSPS) is 11.0. The maximum absolute atomic E-state index is 9.64. The Balaban J connectivity index is 1.99. The fourth-order valence-corrected chi connectivity index (χ4v) is 3.14. The van der Waals surface area contributed by atoms with Crippen molar-refractivity contribution in [3.63, 3.8) is 0 Å². The van der Waals surface area contributed by atoms with Gasteiger partial charge >= 0.3 is 0 Å². The molecule has 0 atom stereocenters. The molecule has 3 aromatic rings. The number of aliphatic hydroxyl groups excluding tert-OH is 1. The molecular weight excluding hydrogens is 368 g/mol. The van der Waals surface area contributed by atoms with Gasteiger partial charge in [0.05, 0.1) is 50.9 Å². The minimum absolute atomic E-state index is 0.132. The third-order valence-electron chi connectivity index (χ3n) is 4.54. The number of nitrogens with zero attached hydrogens (tertiary/aromatic N) is 2. The topological polar surface area (TPSA) is 65.7 Å². The summed E-state index contributed by atoms with van der Waals surface area (Å²) in [6.45, 7) is 5.20. The monoisotopic (exact) mass is 396 g/mol. The van der Waals surface area contributed by atoms with Crippen LogP contribution in [-0.4, -0.2) is 35.7 Å². The first-order valence-corrected chi connectivity index (χ1v) is 9.66. The van der Waals surface area contributed by atoms with Gasteiger partial charge in [-0.15, -0.1) is 0 Å². The maximum Gasteiger partial charge on any atom is 0.127 e. The summed E-state index contributed by atoms with van der Waals surface area (Å²) in [5, 5.41) is 14.2. The van der Waals surface area contributed by atoms with Gasteiger partial charge in [-0.1, -0.05) is 32.0 Å². The van der Waals surface area contributed by atoms with Gasteiger partial charge in [-0.05, 0) is 36.2 Å². The molecule has 0 aliphatic rings. The van der Waals surface area contributed by atoms with E-state index < -0.39 is 0 Å². The Morgan fingerprint density at radius 3 is 2.31 bits per heavy atom. The Morgan fingerprint density at radius 2 is 1.69 bits per heavy atom. The molecule has 0 saturated carbocycles. The number of rotatable bonds is 9. The van der Waals surface area contributed by atoms with Crippen molar-refractivity contribution in [1.82, 2.24) is 9.78 Å². The zero-order valence-corrected chi connectivity index (χ0v) is 17.4. The summed E-state index contributed by atoms with van der Waals surface area (Å²) >= 11 is 0. The molecule has 6 heteroatoms. The molecule has 0 saturated heterocycles. The van der Waals surface area contributed by atoms with Crippen LogP contribution in [0.15, 0.2) is 48.5 Å². The molecule has 154 valence electrons. The largest absolute Gasteiger partial charge is 0.496 e. The summed E-state index contributed by atoms with van der Waals surface area (Å²) in [6.07, 6.45) is 0. The molecule has 0 aliphatic heterocycles. The molecule has 0 spiro atoms. The highest BCUT2D eigenvalue weighted by molar-refractivity contribution is 5.62. The van der Waals surface area contributed by atoms with Crippen LogP contribution in [0.2, 0.25) is 0 Å². The molecule has 2 aromatic carbocycles. The van der Waals surface area contributed by atoms with Crippen molar-refractivity contribution in [2.45, 2.75) is 27.0 Å². The minimum atomic E-state index is -0.132. The van der Waals surface area contributed by atoms with Gasteiger partial charge in [-0.3, -0.25) is 4.68 Å². The second-order valence-corrected chi connectivity index (χ2v) is 7.21. The zero-order chi connectivity index (χ0) is 20.8. The molecule has 6 nitrogen and oxygen atoms in total. The summed E-state index contributed by atoms with van der Waals surface area (Å²) in [4.78, 5) is 0. The van der Waals surface area contributed by atoms with Crippen LogP contribution in [0, 0.1) is 5.92 Å². The van der Waals surface area contributed by atoms with Crippen molar-refractivity contribution in [2.24, 2.45) is 5.92 Å². The number of methoxy groups -OCH3 is 2. The first kappa shape index (κ1) is 20.7. The third-order valence-corrected chi connectivity index (χ3v) is 4.54. The molecule has 0 aliphatic carbocycles. The van der Waals surface area contributed by atoms with Crippen molar-refractivity contribution in [1.29, 1.82) is 0 Å². The van der Waals surface area contributed by atoms with Crippen LogP contribution < -0.4 is 14.2 Å². The van der Waals surface area contributed by atoms with E-state index in [0.29, 0.717) is 24.8 Å². The molecule has 1 aromatic heterocycles. The third kappa shape index (κ3) is 4.90. The lowest BCUT2D eigenvalue weighted by Gasteiger charge is -2.15. The molecular formula is C23H28N2O4. The van der Waals surface area contributed by atoms with Crippen molar-refractivity contribution in [2.75, 3.05) is 20.8 Å². The van der Waals surface area contributed by atoms with Gasteiger partial charge in [-0.2, -0.15) is 5.10 Å². The highest BCUT2D eigenvalue weighted by Crippen LogP contribution is 2.32. The van der Waals surface area contributed by atoms with E-state index in [1.165, 1.54) is 0 Å². The van der Waals surface area contributed by atoms with Crippen molar-refractivity contribution in [3.05, 3.63) is 59.8 Å². The van der Waals surface area contributed by atoms with E-state index in [1.807, 2.05) is 53.2 Å². The van der Waals surface area contributed by atoms with Crippen molar-refractivity contribution in [3.8, 4) is 28.5 Å². The molecule has 3 rings (SSSR count). The number of hydrogen-bond acceptors (Lipinski definition) is 5. The first-order chi connectivity index (χ1) is 14.0. The number of ether oxygens (including phenoxy) is 3. The zero-order valence-electron chi connectivity index (χ0n) is 17.4. The van der Waals surface area contributed by atoms with Crippen LogP contribution in [0.4, 0.5) is 0 Å². The van der Waals surface area contributed by atoms with Gasteiger partial charge in [0.15, 0.2) is 0 Å². The molecule has 0 bridgehead atoms. The lowest BCUT2D eigenvalue weighted by molar-refractivity contribution is 0.271. The van der Waals surface area contributed by atoms with E-state index in [4.69, 9.17) is 14.2 Å². The van der Waals surface area contributed by atoms with Crippen LogP contribution in [-0.2, 0) is 13.2 Å². The Hall–Kier alpha value is -2.99. The molecule has 0 fully saturated rings. The van der Waals surface area contributed by atoms with Gasteiger partial charge in [-0.25, -0.2) is 0 Å². The summed E-state index contributed by atoms with van der Waals surface area (Å²) < 4.78 is 18.8. The minimum Gasteiger partial charge on any atom is -0.496 e. The lowest BCUT2D eigenvalue weighted by atomic mass is 10.1. The van der Waals surface area contributed by atoms with Crippen LogP contribution in [0.3, 0.4) is 0 Å². The fourth-order valence-electron chi connectivity index (χ4n) is 3.14. The summed E-state index contributed by atoms with van der Waals surface area (Å²) in [6, 6.07) is 15.5. The predicted octanol–water partition coefficient (Wildman–Crippen LogP) is 4.14. The number of benzene rings is 2. The van der Waals surface area contributed by atoms with E-state index in [-0.39, 0.29) is 6.61 Å². The lowest BCUT2D eigenvalue weighted by Crippen LogP contribution is -2.08. The highest BCUT2D eigenvalue weighted by atomic mass is 16.5. The second kappa shape index (κ2) is 9.47. The van der Waals surface area contributed by atoms with Gasteiger partial charge in [0.1, 0.15) is 17.2 Å². The smallest absolute Gasteiger partial charge is 0.127 e. The van der Waals surface area contributed by atoms with Gasteiger partial charge in [0, 0.05) is 5.56 Å². The average molecular weight is 396 g/mol. The molecule has 29 heavy (non-hydrogen) atoms. The standard InChI is InChI=1S/C23H28N2O4/c1-16(2)15-29-19-8-5-7-17(11-19)21-12-18(14-26)24-25(21)13-20-22(27-3)9-6-10-23(20)28-4/h5-12,16,26H,13-15H2,1-4H3. The Bertz CT molecular complexity index is 928. The maximum atomic E-state index is 9.64. The first-order valence-electron chi connectivity index (χ1n) is 9.66. The van der Waals surface area contributed by atoms with Crippen LogP contribution in [0.5, 0.6) is 17.2 Å². The van der Waals surface area contributed by atoms with Crippen molar-refractivity contribution >= 4 is 0 Å². The molecule has 0 radical (unpaired) electrons. The molecule has 0 amide bonds. The van der Waals surface area contributed by atoms with E-state index in [2.05, 4.69) is 18.9 Å². The van der Waals surface area contributed by atoms with E-state index in [1.54, 1.807) is 14.2 Å². The SMILES string of the molecule is COc1cccc(OC)c1Cn1nc(CO)cc1-c1cccc(OCC(C)C)c1. The van der Waals surface area contributed by atoms with E-state index >= 15 is 0 Å². The van der Waals surface area contributed by atoms with Crippen LogP contribution >= 0.6 is 0 Å². The van der Waals surface area contributed by atoms with E-state index in [0.717, 1.165) is 34.1 Å². The Kier molecular flexibility index (Phi) is 6.77. The number of aliphatic hydroxyl groups is 1. The van der Waals surface area contributed by atoms with E-state index in [9.17, 15) is 5.11 Å². The number of hydrogen-bond donors (Lipinski definition) is 1. The average Bonchev–Trinajstić information content (AvgIpc) is 3.15. The predicted molar refractivity (Wildman–Crippen MR) is 113 cm³/mol. The summed E-state index contributed by atoms with van der Waals surface area (Å²) in [7, 11) is 3.27. The quantitative estimate of drug-likeness (QED) is 0.589. The molecule has 1 heterocycles. The fraction of sp³-hybridized carbons (Fsp3) is 0.348. The van der Waals surface area contributed by atoms with Gasteiger partial charge in [0.2, 0.25) is 0 Å². The summed E-state index contributed by atoms with van der Waals surface area (Å²) in [5.41, 5.74) is 3.34. The van der Waals surface area contributed by atoms with Crippen LogP contribution in [0.1, 0.15) is 25.1 Å². The Labute approximate surface area is 171 Å². The Morgan fingerprint density at radius 1 is 1.00 bits per heavy atom. The number of aromatic nitrogens is 2. The summed E-state index contributed by atoms with van der Waals surface area (Å²) in [5.74, 6) is 2.71. The second-order valence-electron chi connectivity index (χ2n) is 7.21. The van der Waals surface area contributed by atoms with Crippen molar-refractivity contribution < 1.29 is 19.3 Å². The highest BCUT2D eigenvalue weighted by Gasteiger charge is 2.16. The van der Waals surface area contributed by atoms with Gasteiger partial charge < -0.3 is 19.3 Å². The van der Waals surface area contributed by atoms with Crippen LogP contribution in [0.25, 0.3) is 11.3 Å². The molecule has 1 N–H and O–H groups in total. The molecule has 0 unspecified atom stereocenters.